The maximum atomic E-state index is 11.5. The highest BCUT2D eigenvalue weighted by molar-refractivity contribution is 5.76. The molecule has 0 atom stereocenters. The number of carboxylic acids is 1. The summed E-state index contributed by atoms with van der Waals surface area (Å²) in [6.45, 7) is 0.559. The van der Waals surface area contributed by atoms with E-state index in [9.17, 15) is 9.59 Å². The molecule has 20 heavy (non-hydrogen) atoms. The molecule has 1 aromatic rings. The van der Waals surface area contributed by atoms with Gasteiger partial charge in [0, 0.05) is 31.5 Å². The number of hydrogen-bond donors (Lipinski definition) is 3. The molecular formula is C14H21N3O3. The second-order valence-corrected chi connectivity index (χ2v) is 5.18. The van der Waals surface area contributed by atoms with Crippen molar-refractivity contribution in [3.05, 3.63) is 17.0 Å². The molecule has 0 radical (unpaired) electrons. The molecule has 2 rings (SSSR count). The second-order valence-electron chi connectivity index (χ2n) is 5.18. The molecule has 0 unspecified atom stereocenters. The van der Waals surface area contributed by atoms with Gasteiger partial charge >= 0.3 is 5.97 Å². The molecule has 1 aliphatic carbocycles. The van der Waals surface area contributed by atoms with Gasteiger partial charge in [0.2, 0.25) is 5.91 Å². The number of amides is 1. The summed E-state index contributed by atoms with van der Waals surface area (Å²) >= 11 is 0. The molecule has 0 aromatic carbocycles. The molecule has 1 aromatic heterocycles. The summed E-state index contributed by atoms with van der Waals surface area (Å²) in [6.07, 6.45) is 6.01. The number of carbonyl (C=O) groups is 2. The molecule has 1 aliphatic rings. The summed E-state index contributed by atoms with van der Waals surface area (Å²) in [5, 5.41) is 18.7. The third-order valence-corrected chi connectivity index (χ3v) is 3.62. The van der Waals surface area contributed by atoms with Gasteiger partial charge in [0.05, 0.1) is 5.69 Å². The number of nitrogens with zero attached hydrogens (tertiary/aromatic N) is 1. The molecule has 1 amide bonds. The zero-order valence-electron chi connectivity index (χ0n) is 11.6. The topological polar surface area (TPSA) is 95.1 Å². The minimum absolute atomic E-state index is 0.0420. The third kappa shape index (κ3) is 4.08. The summed E-state index contributed by atoms with van der Waals surface area (Å²) in [5.74, 6) is -0.948. The van der Waals surface area contributed by atoms with Crippen molar-refractivity contribution in [3.8, 4) is 0 Å². The number of aromatic amines is 1. The SMILES string of the molecule is O=C(O)CCCC(=O)NCCc1n[nH]c2c1CCCC2. The number of nitrogens with one attached hydrogen (secondary N) is 2. The average Bonchev–Trinajstić information content (AvgIpc) is 2.82. The first kappa shape index (κ1) is 14.6. The van der Waals surface area contributed by atoms with Crippen molar-refractivity contribution in [3.63, 3.8) is 0 Å². The Morgan fingerprint density at radius 3 is 2.85 bits per heavy atom. The molecule has 0 fully saturated rings. The van der Waals surface area contributed by atoms with Gasteiger partial charge in [0.25, 0.3) is 0 Å². The smallest absolute Gasteiger partial charge is 0.303 e. The zero-order chi connectivity index (χ0) is 14.4. The highest BCUT2D eigenvalue weighted by atomic mass is 16.4. The van der Waals surface area contributed by atoms with Gasteiger partial charge in [0.1, 0.15) is 0 Å². The molecule has 0 aliphatic heterocycles. The van der Waals surface area contributed by atoms with Crippen LogP contribution in [0.15, 0.2) is 0 Å². The number of carbonyl (C=O) groups excluding carboxylic acids is 1. The summed E-state index contributed by atoms with van der Waals surface area (Å²) in [4.78, 5) is 21.9. The maximum Gasteiger partial charge on any atom is 0.303 e. The van der Waals surface area contributed by atoms with Gasteiger partial charge < -0.3 is 10.4 Å². The molecule has 0 saturated heterocycles. The third-order valence-electron chi connectivity index (χ3n) is 3.62. The molecule has 6 heteroatoms. The van der Waals surface area contributed by atoms with E-state index >= 15 is 0 Å². The standard InChI is InChI=1S/C14H21N3O3/c18-13(6-3-7-14(19)20)15-9-8-12-10-4-1-2-5-11(10)16-17-12/h1-9H2,(H,15,18)(H,16,17)(H,19,20). The quantitative estimate of drug-likeness (QED) is 0.699. The molecule has 6 nitrogen and oxygen atoms in total. The van der Waals surface area contributed by atoms with Crippen LogP contribution in [0.25, 0.3) is 0 Å². The lowest BCUT2D eigenvalue weighted by atomic mass is 9.95. The van der Waals surface area contributed by atoms with Crippen LogP contribution in [0.1, 0.15) is 49.1 Å². The molecule has 3 N–H and O–H groups in total. The maximum absolute atomic E-state index is 11.5. The van der Waals surface area contributed by atoms with Crippen LogP contribution in [0.3, 0.4) is 0 Å². The number of aliphatic carboxylic acids is 1. The molecule has 110 valence electrons. The van der Waals surface area contributed by atoms with E-state index in [4.69, 9.17) is 5.11 Å². The fourth-order valence-corrected chi connectivity index (χ4v) is 2.57. The van der Waals surface area contributed by atoms with Crippen molar-refractivity contribution in [2.24, 2.45) is 0 Å². The number of hydrogen-bond acceptors (Lipinski definition) is 3. The highest BCUT2D eigenvalue weighted by Crippen LogP contribution is 2.22. The van der Waals surface area contributed by atoms with E-state index < -0.39 is 5.97 Å². The minimum Gasteiger partial charge on any atom is -0.481 e. The summed E-state index contributed by atoms with van der Waals surface area (Å²) in [5.41, 5.74) is 3.64. The first-order valence-electron chi connectivity index (χ1n) is 7.20. The lowest BCUT2D eigenvalue weighted by Gasteiger charge is -2.11. The van der Waals surface area contributed by atoms with Crippen LogP contribution >= 0.6 is 0 Å². The monoisotopic (exact) mass is 279 g/mol. The van der Waals surface area contributed by atoms with Crippen LogP contribution in [-0.4, -0.2) is 33.7 Å². The Kier molecular flexibility index (Phi) is 5.15. The van der Waals surface area contributed by atoms with Crippen molar-refractivity contribution in [2.75, 3.05) is 6.54 Å². The fourth-order valence-electron chi connectivity index (χ4n) is 2.57. The Morgan fingerprint density at radius 1 is 1.25 bits per heavy atom. The molecule has 0 saturated carbocycles. The normalized spacial score (nSPS) is 13.8. The van der Waals surface area contributed by atoms with E-state index in [0.717, 1.165) is 25.0 Å². The van der Waals surface area contributed by atoms with E-state index in [1.807, 2.05) is 0 Å². The molecular weight excluding hydrogens is 258 g/mol. The van der Waals surface area contributed by atoms with Crippen LogP contribution in [0.2, 0.25) is 0 Å². The van der Waals surface area contributed by atoms with Crippen molar-refractivity contribution >= 4 is 11.9 Å². The number of aromatic nitrogens is 2. The van der Waals surface area contributed by atoms with Crippen molar-refractivity contribution in [2.45, 2.75) is 51.4 Å². The summed E-state index contributed by atoms with van der Waals surface area (Å²) < 4.78 is 0. The van der Waals surface area contributed by atoms with E-state index in [2.05, 4.69) is 15.5 Å². The fraction of sp³-hybridized carbons (Fsp3) is 0.643. The number of rotatable bonds is 7. The predicted octanol–water partition coefficient (Wildman–Crippen LogP) is 1.20. The Bertz CT molecular complexity index is 482. The first-order chi connectivity index (χ1) is 9.66. The largest absolute Gasteiger partial charge is 0.481 e. The lowest BCUT2D eigenvalue weighted by molar-refractivity contribution is -0.137. The van der Waals surface area contributed by atoms with Gasteiger partial charge in [-0.3, -0.25) is 14.7 Å². The second kappa shape index (κ2) is 7.07. The number of fused-ring (bicyclic) bond motifs is 1. The zero-order valence-corrected chi connectivity index (χ0v) is 11.6. The van der Waals surface area contributed by atoms with Gasteiger partial charge in [-0.1, -0.05) is 0 Å². The molecule has 0 spiro atoms. The number of carboxylic acid groups (broad SMARTS) is 1. The Hall–Kier alpha value is -1.85. The van der Waals surface area contributed by atoms with E-state index in [1.54, 1.807) is 0 Å². The van der Waals surface area contributed by atoms with E-state index in [0.29, 0.717) is 13.0 Å². The Morgan fingerprint density at radius 2 is 2.05 bits per heavy atom. The van der Waals surface area contributed by atoms with Crippen LogP contribution < -0.4 is 5.32 Å². The first-order valence-corrected chi connectivity index (χ1v) is 7.20. The lowest BCUT2D eigenvalue weighted by Crippen LogP contribution is -2.25. The van der Waals surface area contributed by atoms with Gasteiger partial charge in [0.15, 0.2) is 0 Å². The van der Waals surface area contributed by atoms with Crippen LogP contribution in [0, 0.1) is 0 Å². The van der Waals surface area contributed by atoms with Crippen molar-refractivity contribution < 1.29 is 14.7 Å². The average molecular weight is 279 g/mol. The van der Waals surface area contributed by atoms with Crippen LogP contribution in [-0.2, 0) is 28.9 Å². The van der Waals surface area contributed by atoms with E-state index in [-0.39, 0.29) is 18.7 Å². The van der Waals surface area contributed by atoms with Gasteiger partial charge in [-0.25, -0.2) is 0 Å². The Labute approximate surface area is 118 Å². The minimum atomic E-state index is -0.860. The van der Waals surface area contributed by atoms with Gasteiger partial charge in [-0.05, 0) is 37.7 Å². The summed E-state index contributed by atoms with van der Waals surface area (Å²) in [7, 11) is 0. The van der Waals surface area contributed by atoms with E-state index in [1.165, 1.54) is 24.1 Å². The highest BCUT2D eigenvalue weighted by Gasteiger charge is 2.16. The van der Waals surface area contributed by atoms with Crippen LogP contribution in [0.4, 0.5) is 0 Å². The van der Waals surface area contributed by atoms with Crippen LogP contribution in [0.5, 0.6) is 0 Å². The van der Waals surface area contributed by atoms with Crippen molar-refractivity contribution in [1.29, 1.82) is 0 Å². The predicted molar refractivity (Wildman–Crippen MR) is 73.4 cm³/mol. The molecule has 1 heterocycles. The van der Waals surface area contributed by atoms with Gasteiger partial charge in [-0.15, -0.1) is 0 Å². The number of aryl methyl sites for hydroxylation is 1. The Balaban J connectivity index is 1.69. The molecule has 0 bridgehead atoms. The number of H-pyrrole nitrogens is 1. The van der Waals surface area contributed by atoms with Gasteiger partial charge in [-0.2, -0.15) is 5.10 Å². The van der Waals surface area contributed by atoms with Crippen molar-refractivity contribution in [1.82, 2.24) is 15.5 Å². The summed E-state index contributed by atoms with van der Waals surface area (Å²) in [6, 6.07) is 0.